The van der Waals surface area contributed by atoms with Crippen molar-refractivity contribution in [1.82, 2.24) is 0 Å². The minimum Gasteiger partial charge on any atom is -0.207 e. The van der Waals surface area contributed by atoms with Crippen molar-refractivity contribution in [2.75, 3.05) is 0 Å². The molecular formula is C7H3ClFNO2S. The highest BCUT2D eigenvalue weighted by Crippen LogP contribution is 2.19. The van der Waals surface area contributed by atoms with Crippen LogP contribution in [0.4, 0.5) is 4.39 Å². The standard InChI is InChI=1S/C7H3ClFNO2S/c8-13(11,12)7-2-1-6(9)3-5(7)4-10/h1-3H. The van der Waals surface area contributed by atoms with Crippen molar-refractivity contribution in [2.45, 2.75) is 4.90 Å². The van der Waals surface area contributed by atoms with Gasteiger partial charge in [0.25, 0.3) is 9.05 Å². The predicted octanol–water partition coefficient (Wildman–Crippen LogP) is 1.62. The van der Waals surface area contributed by atoms with Gasteiger partial charge in [-0.25, -0.2) is 12.8 Å². The van der Waals surface area contributed by atoms with E-state index in [-0.39, 0.29) is 10.5 Å². The summed E-state index contributed by atoms with van der Waals surface area (Å²) >= 11 is 0. The second-order valence-electron chi connectivity index (χ2n) is 2.19. The summed E-state index contributed by atoms with van der Waals surface area (Å²) < 4.78 is 34.2. The first-order valence-corrected chi connectivity index (χ1v) is 5.40. The third-order valence-corrected chi connectivity index (χ3v) is 2.70. The molecule has 0 spiro atoms. The van der Waals surface area contributed by atoms with Gasteiger partial charge in [-0.2, -0.15) is 5.26 Å². The summed E-state index contributed by atoms with van der Waals surface area (Å²) in [4.78, 5) is -0.377. The zero-order valence-corrected chi connectivity index (χ0v) is 7.73. The molecule has 1 aromatic rings. The molecule has 0 radical (unpaired) electrons. The Labute approximate surface area is 78.8 Å². The average Bonchev–Trinajstić information content (AvgIpc) is 2.01. The smallest absolute Gasteiger partial charge is 0.207 e. The van der Waals surface area contributed by atoms with Crippen molar-refractivity contribution in [3.05, 3.63) is 29.6 Å². The molecule has 0 unspecified atom stereocenters. The molecule has 6 heteroatoms. The van der Waals surface area contributed by atoms with Gasteiger partial charge in [0.1, 0.15) is 16.8 Å². The average molecular weight is 220 g/mol. The summed E-state index contributed by atoms with van der Waals surface area (Å²) in [5.41, 5.74) is -0.296. The zero-order valence-electron chi connectivity index (χ0n) is 6.16. The Morgan fingerprint density at radius 1 is 1.46 bits per heavy atom. The lowest BCUT2D eigenvalue weighted by Crippen LogP contribution is -1.95. The molecule has 0 saturated heterocycles. The van der Waals surface area contributed by atoms with Crippen LogP contribution in [0.1, 0.15) is 5.56 Å². The normalized spacial score (nSPS) is 10.8. The van der Waals surface area contributed by atoms with Gasteiger partial charge in [-0.1, -0.05) is 0 Å². The Hall–Kier alpha value is -1.12. The fourth-order valence-electron chi connectivity index (χ4n) is 0.802. The van der Waals surface area contributed by atoms with Crippen LogP contribution < -0.4 is 0 Å². The lowest BCUT2D eigenvalue weighted by Gasteiger charge is -1.97. The number of nitriles is 1. The van der Waals surface area contributed by atoms with Gasteiger partial charge >= 0.3 is 0 Å². The molecule has 13 heavy (non-hydrogen) atoms. The molecule has 1 rings (SSSR count). The van der Waals surface area contributed by atoms with Crippen LogP contribution in [0.5, 0.6) is 0 Å². The van der Waals surface area contributed by atoms with E-state index >= 15 is 0 Å². The van der Waals surface area contributed by atoms with Gasteiger partial charge in [0.15, 0.2) is 0 Å². The fourth-order valence-corrected chi connectivity index (χ4v) is 1.80. The highest BCUT2D eigenvalue weighted by Gasteiger charge is 2.15. The molecule has 68 valence electrons. The van der Waals surface area contributed by atoms with E-state index in [2.05, 4.69) is 0 Å². The molecule has 0 fully saturated rings. The molecule has 0 aliphatic rings. The largest absolute Gasteiger partial charge is 0.262 e. The Bertz CT molecular complexity index is 478. The first-order chi connectivity index (χ1) is 5.95. The third-order valence-electron chi connectivity index (χ3n) is 1.32. The highest BCUT2D eigenvalue weighted by atomic mass is 35.7. The quantitative estimate of drug-likeness (QED) is 0.675. The molecule has 0 atom stereocenters. The van der Waals surface area contributed by atoms with E-state index in [1.54, 1.807) is 0 Å². The topological polar surface area (TPSA) is 57.9 Å². The van der Waals surface area contributed by atoms with E-state index in [1.807, 2.05) is 0 Å². The molecule has 0 bridgehead atoms. The SMILES string of the molecule is N#Cc1cc(F)ccc1S(=O)(=O)Cl. The van der Waals surface area contributed by atoms with Crippen LogP contribution in [-0.2, 0) is 9.05 Å². The van der Waals surface area contributed by atoms with E-state index in [9.17, 15) is 12.8 Å². The summed E-state index contributed by atoms with van der Waals surface area (Å²) in [6.45, 7) is 0. The van der Waals surface area contributed by atoms with E-state index in [0.29, 0.717) is 0 Å². The molecule has 0 N–H and O–H groups in total. The maximum absolute atomic E-state index is 12.5. The summed E-state index contributed by atoms with van der Waals surface area (Å²) in [5, 5.41) is 8.47. The first-order valence-electron chi connectivity index (χ1n) is 3.09. The molecule has 0 aliphatic heterocycles. The van der Waals surface area contributed by atoms with E-state index in [0.717, 1.165) is 18.2 Å². The van der Waals surface area contributed by atoms with Gasteiger partial charge in [-0.15, -0.1) is 0 Å². The van der Waals surface area contributed by atoms with Crippen LogP contribution >= 0.6 is 10.7 Å². The number of benzene rings is 1. The Balaban J connectivity index is 3.50. The summed E-state index contributed by atoms with van der Waals surface area (Å²) in [7, 11) is 1.01. The van der Waals surface area contributed by atoms with Gasteiger partial charge in [-0.3, -0.25) is 0 Å². The van der Waals surface area contributed by atoms with Gasteiger partial charge < -0.3 is 0 Å². The van der Waals surface area contributed by atoms with Crippen molar-refractivity contribution >= 4 is 19.7 Å². The van der Waals surface area contributed by atoms with E-state index in [4.69, 9.17) is 15.9 Å². The summed E-state index contributed by atoms with van der Waals surface area (Å²) in [6, 6.07) is 4.24. The zero-order chi connectivity index (χ0) is 10.1. The number of hydrogen-bond donors (Lipinski definition) is 0. The van der Waals surface area contributed by atoms with Crippen LogP contribution in [0.2, 0.25) is 0 Å². The highest BCUT2D eigenvalue weighted by molar-refractivity contribution is 8.13. The Morgan fingerprint density at radius 2 is 2.08 bits per heavy atom. The number of nitrogens with zero attached hydrogens (tertiary/aromatic N) is 1. The van der Waals surface area contributed by atoms with Crippen LogP contribution in [0.25, 0.3) is 0 Å². The third kappa shape index (κ3) is 2.17. The lowest BCUT2D eigenvalue weighted by atomic mass is 10.2. The first kappa shape index (κ1) is 9.96. The van der Waals surface area contributed by atoms with Gasteiger partial charge in [0.2, 0.25) is 0 Å². The number of hydrogen-bond acceptors (Lipinski definition) is 3. The molecule has 0 aliphatic carbocycles. The number of rotatable bonds is 1. The van der Waals surface area contributed by atoms with Crippen LogP contribution in [0.3, 0.4) is 0 Å². The van der Waals surface area contributed by atoms with Gasteiger partial charge in [-0.05, 0) is 18.2 Å². The van der Waals surface area contributed by atoms with Gasteiger partial charge in [0, 0.05) is 10.7 Å². The molecule has 0 amide bonds. The van der Waals surface area contributed by atoms with Crippen molar-refractivity contribution in [1.29, 1.82) is 5.26 Å². The lowest BCUT2D eigenvalue weighted by molar-refractivity contribution is 0.607. The predicted molar refractivity (Wildman–Crippen MR) is 44.2 cm³/mol. The molecular weight excluding hydrogens is 217 g/mol. The fraction of sp³-hybridized carbons (Fsp3) is 0. The van der Waals surface area contributed by atoms with Crippen molar-refractivity contribution in [3.63, 3.8) is 0 Å². The Morgan fingerprint density at radius 3 is 2.54 bits per heavy atom. The molecule has 0 aromatic heterocycles. The van der Waals surface area contributed by atoms with E-state index < -0.39 is 14.9 Å². The van der Waals surface area contributed by atoms with Crippen molar-refractivity contribution in [3.8, 4) is 6.07 Å². The van der Waals surface area contributed by atoms with Crippen LogP contribution in [-0.4, -0.2) is 8.42 Å². The summed E-state index contributed by atoms with van der Waals surface area (Å²) in [5.74, 6) is -0.680. The minimum absolute atomic E-state index is 0.296. The number of halogens is 2. The molecule has 3 nitrogen and oxygen atoms in total. The second-order valence-corrected chi connectivity index (χ2v) is 4.72. The van der Waals surface area contributed by atoms with Crippen molar-refractivity contribution < 1.29 is 12.8 Å². The Kier molecular flexibility index (Phi) is 2.55. The second kappa shape index (κ2) is 3.32. The molecule has 1 aromatic carbocycles. The van der Waals surface area contributed by atoms with E-state index in [1.165, 1.54) is 6.07 Å². The summed E-state index contributed by atoms with van der Waals surface area (Å²) in [6.07, 6.45) is 0. The maximum Gasteiger partial charge on any atom is 0.262 e. The van der Waals surface area contributed by atoms with Gasteiger partial charge in [0.05, 0.1) is 5.56 Å². The molecule has 0 heterocycles. The minimum atomic E-state index is -3.98. The van der Waals surface area contributed by atoms with Crippen LogP contribution in [0.15, 0.2) is 23.1 Å². The molecule has 0 saturated carbocycles. The monoisotopic (exact) mass is 219 g/mol. The maximum atomic E-state index is 12.5. The van der Waals surface area contributed by atoms with Crippen LogP contribution in [0, 0.1) is 17.1 Å². The van der Waals surface area contributed by atoms with Crippen molar-refractivity contribution in [2.24, 2.45) is 0 Å².